The fourth-order valence-corrected chi connectivity index (χ4v) is 4.11. The van der Waals surface area contributed by atoms with Gasteiger partial charge in [-0.3, -0.25) is 4.79 Å². The van der Waals surface area contributed by atoms with Crippen LogP contribution in [0.4, 0.5) is 13.2 Å². The van der Waals surface area contributed by atoms with Crippen LogP contribution in [-0.4, -0.2) is 36.1 Å². The minimum atomic E-state index is -4.27. The van der Waals surface area contributed by atoms with E-state index < -0.39 is 18.1 Å². The fraction of sp³-hybridized carbons (Fsp3) is 0.688. The zero-order chi connectivity index (χ0) is 17.2. The van der Waals surface area contributed by atoms with Crippen molar-refractivity contribution in [2.24, 2.45) is 11.7 Å². The predicted octanol–water partition coefficient (Wildman–Crippen LogP) is 3.43. The monoisotopic (exact) mass is 348 g/mol. The smallest absolute Gasteiger partial charge is 0.341 e. The van der Waals surface area contributed by atoms with E-state index in [1.807, 2.05) is 0 Å². The van der Waals surface area contributed by atoms with Crippen molar-refractivity contribution in [2.45, 2.75) is 51.7 Å². The second-order valence-electron chi connectivity index (χ2n) is 6.23. The van der Waals surface area contributed by atoms with Gasteiger partial charge in [0.2, 0.25) is 5.91 Å². The highest BCUT2D eigenvalue weighted by atomic mass is 32.1. The Morgan fingerprint density at radius 1 is 1.43 bits per heavy atom. The highest BCUT2D eigenvalue weighted by Crippen LogP contribution is 2.33. The Hall–Kier alpha value is -1.08. The molecule has 1 aromatic rings. The van der Waals surface area contributed by atoms with Crippen LogP contribution in [0, 0.1) is 19.8 Å². The first-order chi connectivity index (χ1) is 10.7. The maximum absolute atomic E-state index is 12.8. The Morgan fingerprint density at radius 2 is 2.13 bits per heavy atom. The molecule has 0 spiro atoms. The normalized spacial score (nSPS) is 22.4. The molecule has 2 atom stereocenters. The first kappa shape index (κ1) is 18.3. The number of carbonyl (C=O) groups excluding carboxylic acids is 1. The molecule has 1 amide bonds. The number of aryl methyl sites for hydroxylation is 3. The molecule has 1 aromatic heterocycles. The van der Waals surface area contributed by atoms with Crippen LogP contribution in [0.15, 0.2) is 6.07 Å². The van der Waals surface area contributed by atoms with E-state index in [2.05, 4.69) is 19.9 Å². The molecule has 0 saturated carbocycles. The van der Waals surface area contributed by atoms with E-state index in [-0.39, 0.29) is 25.4 Å². The Balaban J connectivity index is 1.80. The van der Waals surface area contributed by atoms with Crippen LogP contribution in [-0.2, 0) is 11.2 Å². The lowest BCUT2D eigenvalue weighted by molar-refractivity contribution is -0.191. The second kappa shape index (κ2) is 7.21. The van der Waals surface area contributed by atoms with Crippen molar-refractivity contribution in [3.8, 4) is 0 Å². The maximum Gasteiger partial charge on any atom is 0.393 e. The summed E-state index contributed by atoms with van der Waals surface area (Å²) in [7, 11) is 0. The SMILES string of the molecule is Cc1cc(CCCC(=O)N2CCC(C(F)(F)F)C(N)C2)c(C)s1. The number of piperidine rings is 1. The number of alkyl halides is 3. The maximum atomic E-state index is 12.8. The number of carbonyl (C=O) groups is 1. The van der Waals surface area contributed by atoms with E-state index in [9.17, 15) is 18.0 Å². The van der Waals surface area contributed by atoms with E-state index in [1.165, 1.54) is 20.2 Å². The summed E-state index contributed by atoms with van der Waals surface area (Å²) in [5.74, 6) is -1.59. The van der Waals surface area contributed by atoms with Crippen molar-refractivity contribution in [2.75, 3.05) is 13.1 Å². The minimum absolute atomic E-state index is 0.000400. The van der Waals surface area contributed by atoms with Gasteiger partial charge in [0.05, 0.1) is 5.92 Å². The lowest BCUT2D eigenvalue weighted by atomic mass is 9.91. The quantitative estimate of drug-likeness (QED) is 0.906. The van der Waals surface area contributed by atoms with Crippen LogP contribution in [0.5, 0.6) is 0 Å². The molecule has 3 nitrogen and oxygen atoms in total. The zero-order valence-electron chi connectivity index (χ0n) is 13.4. The lowest BCUT2D eigenvalue weighted by Crippen LogP contribution is -2.54. The third-order valence-corrected chi connectivity index (χ3v) is 5.42. The van der Waals surface area contributed by atoms with E-state index in [0.29, 0.717) is 12.8 Å². The molecule has 2 heterocycles. The molecule has 1 aliphatic rings. The zero-order valence-corrected chi connectivity index (χ0v) is 14.3. The van der Waals surface area contributed by atoms with Crippen molar-refractivity contribution >= 4 is 17.2 Å². The van der Waals surface area contributed by atoms with Crippen molar-refractivity contribution in [3.63, 3.8) is 0 Å². The van der Waals surface area contributed by atoms with Gasteiger partial charge in [0.25, 0.3) is 0 Å². The van der Waals surface area contributed by atoms with Crippen molar-refractivity contribution < 1.29 is 18.0 Å². The molecular formula is C16H23F3N2OS. The molecular weight excluding hydrogens is 325 g/mol. The first-order valence-electron chi connectivity index (χ1n) is 7.84. The van der Waals surface area contributed by atoms with E-state index >= 15 is 0 Å². The summed E-state index contributed by atoms with van der Waals surface area (Å²) in [6.07, 6.45) is -2.48. The largest absolute Gasteiger partial charge is 0.393 e. The molecule has 1 fully saturated rings. The van der Waals surface area contributed by atoms with Crippen molar-refractivity contribution in [1.29, 1.82) is 0 Å². The Bertz CT molecular complexity index is 556. The van der Waals surface area contributed by atoms with Gasteiger partial charge in [-0.15, -0.1) is 11.3 Å². The standard InChI is InChI=1S/C16H23F3N2OS/c1-10-8-12(11(2)23-10)4-3-5-15(22)21-7-6-13(14(20)9-21)16(17,18)19/h8,13-14H,3-7,9,20H2,1-2H3. The molecule has 1 saturated heterocycles. The Morgan fingerprint density at radius 3 is 2.65 bits per heavy atom. The first-order valence-corrected chi connectivity index (χ1v) is 8.66. The van der Waals surface area contributed by atoms with Crippen LogP contribution < -0.4 is 5.73 Å². The van der Waals surface area contributed by atoms with Crippen LogP contribution in [0.2, 0.25) is 0 Å². The molecule has 0 aliphatic carbocycles. The van der Waals surface area contributed by atoms with Crippen molar-refractivity contribution in [3.05, 3.63) is 21.4 Å². The summed E-state index contributed by atoms with van der Waals surface area (Å²) in [6.45, 7) is 4.27. The summed E-state index contributed by atoms with van der Waals surface area (Å²) in [6, 6.07) is 1.12. The Kier molecular flexibility index (Phi) is 5.73. The molecule has 1 aliphatic heterocycles. The van der Waals surface area contributed by atoms with Gasteiger partial charge in [-0.1, -0.05) is 0 Å². The summed E-state index contributed by atoms with van der Waals surface area (Å²) in [5.41, 5.74) is 6.88. The highest BCUT2D eigenvalue weighted by Gasteiger charge is 2.46. The number of likely N-dealkylation sites (tertiary alicyclic amines) is 1. The summed E-state index contributed by atoms with van der Waals surface area (Å²) < 4.78 is 38.3. The van der Waals surface area contributed by atoms with Gasteiger partial charge in [-0.2, -0.15) is 13.2 Å². The number of amides is 1. The molecule has 2 unspecified atom stereocenters. The van der Waals surface area contributed by atoms with Crippen LogP contribution in [0.3, 0.4) is 0 Å². The topological polar surface area (TPSA) is 46.3 Å². The number of nitrogens with zero attached hydrogens (tertiary/aromatic N) is 1. The van der Waals surface area contributed by atoms with Gasteiger partial charge in [-0.05, 0) is 44.7 Å². The van der Waals surface area contributed by atoms with Gasteiger partial charge in [0.15, 0.2) is 0 Å². The van der Waals surface area contributed by atoms with Gasteiger partial charge < -0.3 is 10.6 Å². The third kappa shape index (κ3) is 4.70. The average Bonchev–Trinajstić information content (AvgIpc) is 2.75. The highest BCUT2D eigenvalue weighted by molar-refractivity contribution is 7.12. The Labute approximate surface area is 138 Å². The summed E-state index contributed by atoms with van der Waals surface area (Å²) in [4.78, 5) is 16.2. The summed E-state index contributed by atoms with van der Waals surface area (Å²) >= 11 is 1.74. The lowest BCUT2D eigenvalue weighted by Gasteiger charge is -2.37. The molecule has 7 heteroatoms. The molecule has 2 N–H and O–H groups in total. The molecule has 2 rings (SSSR count). The van der Waals surface area contributed by atoms with Gasteiger partial charge in [0, 0.05) is 35.3 Å². The number of rotatable bonds is 4. The van der Waals surface area contributed by atoms with Crippen molar-refractivity contribution in [1.82, 2.24) is 4.90 Å². The number of nitrogens with two attached hydrogens (primary N) is 1. The molecule has 0 bridgehead atoms. The fourth-order valence-electron chi connectivity index (χ4n) is 3.13. The van der Waals surface area contributed by atoms with Crippen LogP contribution >= 0.6 is 11.3 Å². The number of halogens is 3. The van der Waals surface area contributed by atoms with Gasteiger partial charge in [-0.25, -0.2) is 0 Å². The average molecular weight is 348 g/mol. The van der Waals surface area contributed by atoms with Gasteiger partial charge >= 0.3 is 6.18 Å². The molecule has 23 heavy (non-hydrogen) atoms. The van der Waals surface area contributed by atoms with Gasteiger partial charge in [0.1, 0.15) is 0 Å². The molecule has 0 aromatic carbocycles. The minimum Gasteiger partial charge on any atom is -0.341 e. The van der Waals surface area contributed by atoms with E-state index in [0.717, 1.165) is 6.42 Å². The second-order valence-corrected chi connectivity index (χ2v) is 7.69. The van der Waals surface area contributed by atoms with Crippen LogP contribution in [0.1, 0.15) is 34.6 Å². The van der Waals surface area contributed by atoms with E-state index in [1.54, 1.807) is 11.3 Å². The number of hydrogen-bond donors (Lipinski definition) is 1. The third-order valence-electron chi connectivity index (χ3n) is 4.41. The molecule has 130 valence electrons. The van der Waals surface area contributed by atoms with E-state index in [4.69, 9.17) is 5.73 Å². The summed E-state index contributed by atoms with van der Waals surface area (Å²) in [5, 5.41) is 0. The van der Waals surface area contributed by atoms with Crippen LogP contribution in [0.25, 0.3) is 0 Å². The number of thiophene rings is 1. The number of hydrogen-bond acceptors (Lipinski definition) is 3. The predicted molar refractivity (Wildman–Crippen MR) is 85.4 cm³/mol. The molecule has 0 radical (unpaired) electrons.